The average Bonchev–Trinajstić information content (AvgIpc) is 2.76. The molecule has 2 N–H and O–H groups in total. The second kappa shape index (κ2) is 4.34. The van der Waals surface area contributed by atoms with Crippen LogP contribution in [0.1, 0.15) is 0 Å². The third-order valence-corrected chi connectivity index (χ3v) is 3.31. The molecule has 1 aromatic heterocycles. The minimum atomic E-state index is -0.263. The van der Waals surface area contributed by atoms with Crippen molar-refractivity contribution in [2.45, 2.75) is 10.1 Å². The molecule has 90 valence electrons. The van der Waals surface area contributed by atoms with Crippen LogP contribution in [-0.4, -0.2) is 4.98 Å². The van der Waals surface area contributed by atoms with Crippen LogP contribution in [0.25, 0.3) is 11.1 Å². The number of halogens is 1. The Labute approximate surface area is 107 Å². The maximum absolute atomic E-state index is 12.8. The summed E-state index contributed by atoms with van der Waals surface area (Å²) < 4.78 is 18.3. The van der Waals surface area contributed by atoms with Crippen molar-refractivity contribution in [2.75, 3.05) is 5.73 Å². The molecule has 0 saturated carbocycles. The highest BCUT2D eigenvalue weighted by Gasteiger charge is 2.09. The standard InChI is InChI=1S/C13H9FN2OS/c14-8-4-6-9(7-5-8)18-13-16-12-10(15)2-1-3-11(12)17-13/h1-7H,15H2. The van der Waals surface area contributed by atoms with Gasteiger partial charge in [-0.3, -0.25) is 0 Å². The third kappa shape index (κ3) is 2.04. The highest BCUT2D eigenvalue weighted by atomic mass is 32.2. The summed E-state index contributed by atoms with van der Waals surface area (Å²) in [7, 11) is 0. The molecular formula is C13H9FN2OS. The van der Waals surface area contributed by atoms with Crippen molar-refractivity contribution in [3.8, 4) is 0 Å². The van der Waals surface area contributed by atoms with Gasteiger partial charge in [0, 0.05) is 4.90 Å². The van der Waals surface area contributed by atoms with E-state index in [4.69, 9.17) is 10.2 Å². The van der Waals surface area contributed by atoms with Crippen molar-refractivity contribution in [3.63, 3.8) is 0 Å². The lowest BCUT2D eigenvalue weighted by atomic mass is 10.3. The van der Waals surface area contributed by atoms with Crippen molar-refractivity contribution in [1.82, 2.24) is 4.98 Å². The summed E-state index contributed by atoms with van der Waals surface area (Å²) in [5.74, 6) is -0.263. The largest absolute Gasteiger partial charge is 0.431 e. The van der Waals surface area contributed by atoms with Crippen LogP contribution in [0.15, 0.2) is 57.0 Å². The summed E-state index contributed by atoms with van der Waals surface area (Å²) in [5, 5.41) is 0.495. The van der Waals surface area contributed by atoms with E-state index in [-0.39, 0.29) is 5.82 Å². The molecule has 0 aliphatic carbocycles. The fourth-order valence-electron chi connectivity index (χ4n) is 1.60. The Kier molecular flexibility index (Phi) is 2.68. The maximum Gasteiger partial charge on any atom is 0.261 e. The van der Waals surface area contributed by atoms with E-state index in [2.05, 4.69) is 4.98 Å². The molecule has 3 rings (SSSR count). The van der Waals surface area contributed by atoms with Crippen LogP contribution >= 0.6 is 11.8 Å². The lowest BCUT2D eigenvalue weighted by Gasteiger charge is -1.95. The van der Waals surface area contributed by atoms with E-state index in [1.165, 1.54) is 23.9 Å². The van der Waals surface area contributed by atoms with Gasteiger partial charge in [0.15, 0.2) is 5.58 Å². The van der Waals surface area contributed by atoms with Crippen LogP contribution in [-0.2, 0) is 0 Å². The molecule has 0 aliphatic rings. The van der Waals surface area contributed by atoms with Gasteiger partial charge >= 0.3 is 0 Å². The third-order valence-electron chi connectivity index (χ3n) is 2.45. The average molecular weight is 260 g/mol. The number of rotatable bonds is 2. The normalized spacial score (nSPS) is 10.9. The summed E-state index contributed by atoms with van der Waals surface area (Å²) in [6.45, 7) is 0. The van der Waals surface area contributed by atoms with Gasteiger partial charge in [0.1, 0.15) is 11.3 Å². The Morgan fingerprint density at radius 1 is 1.11 bits per heavy atom. The predicted molar refractivity (Wildman–Crippen MR) is 68.9 cm³/mol. The zero-order chi connectivity index (χ0) is 12.5. The summed E-state index contributed by atoms with van der Waals surface area (Å²) in [6, 6.07) is 11.6. The first kappa shape index (κ1) is 11.1. The zero-order valence-corrected chi connectivity index (χ0v) is 10.1. The van der Waals surface area contributed by atoms with Gasteiger partial charge in [0.2, 0.25) is 0 Å². The number of nitrogens with zero attached hydrogens (tertiary/aromatic N) is 1. The van der Waals surface area contributed by atoms with E-state index in [0.29, 0.717) is 22.0 Å². The molecule has 3 nitrogen and oxygen atoms in total. The molecular weight excluding hydrogens is 251 g/mol. The minimum Gasteiger partial charge on any atom is -0.431 e. The molecule has 0 fully saturated rings. The van der Waals surface area contributed by atoms with Gasteiger partial charge in [0.05, 0.1) is 5.69 Å². The van der Waals surface area contributed by atoms with Crippen molar-refractivity contribution in [3.05, 3.63) is 48.3 Å². The fraction of sp³-hybridized carbons (Fsp3) is 0. The lowest BCUT2D eigenvalue weighted by molar-refractivity contribution is 0.489. The maximum atomic E-state index is 12.8. The summed E-state index contributed by atoms with van der Waals surface area (Å²) in [6.07, 6.45) is 0. The number of nitrogen functional groups attached to an aromatic ring is 1. The molecule has 0 unspecified atom stereocenters. The first-order chi connectivity index (χ1) is 8.72. The number of hydrogen-bond acceptors (Lipinski definition) is 4. The van der Waals surface area contributed by atoms with E-state index in [9.17, 15) is 4.39 Å². The predicted octanol–water partition coefficient (Wildman–Crippen LogP) is 3.70. The molecule has 1 heterocycles. The number of para-hydroxylation sites is 1. The van der Waals surface area contributed by atoms with Crippen LogP contribution in [0.3, 0.4) is 0 Å². The first-order valence-electron chi connectivity index (χ1n) is 5.31. The number of aromatic nitrogens is 1. The van der Waals surface area contributed by atoms with Crippen molar-refractivity contribution in [1.29, 1.82) is 0 Å². The highest BCUT2D eigenvalue weighted by molar-refractivity contribution is 7.99. The van der Waals surface area contributed by atoms with Gasteiger partial charge in [-0.1, -0.05) is 6.07 Å². The molecule has 0 aliphatic heterocycles. The van der Waals surface area contributed by atoms with Gasteiger partial charge in [0.25, 0.3) is 5.22 Å². The van der Waals surface area contributed by atoms with E-state index >= 15 is 0 Å². The number of nitrogens with two attached hydrogens (primary N) is 1. The smallest absolute Gasteiger partial charge is 0.261 e. The van der Waals surface area contributed by atoms with Gasteiger partial charge in [-0.05, 0) is 48.2 Å². The van der Waals surface area contributed by atoms with E-state index in [1.807, 2.05) is 12.1 Å². The van der Waals surface area contributed by atoms with Crippen LogP contribution in [0, 0.1) is 5.82 Å². The first-order valence-corrected chi connectivity index (χ1v) is 6.12. The fourth-order valence-corrected chi connectivity index (χ4v) is 2.34. The summed E-state index contributed by atoms with van der Waals surface area (Å²) in [5.41, 5.74) is 7.69. The van der Waals surface area contributed by atoms with Crippen LogP contribution in [0.5, 0.6) is 0 Å². The molecule has 5 heteroatoms. The van der Waals surface area contributed by atoms with E-state index in [1.54, 1.807) is 18.2 Å². The second-order valence-electron chi connectivity index (χ2n) is 3.73. The van der Waals surface area contributed by atoms with Crippen molar-refractivity contribution < 1.29 is 8.81 Å². The molecule has 18 heavy (non-hydrogen) atoms. The number of fused-ring (bicyclic) bond motifs is 1. The minimum absolute atomic E-state index is 0.263. The van der Waals surface area contributed by atoms with Crippen molar-refractivity contribution in [2.24, 2.45) is 0 Å². The molecule has 0 saturated heterocycles. The Morgan fingerprint density at radius 2 is 1.89 bits per heavy atom. The zero-order valence-electron chi connectivity index (χ0n) is 9.26. The Balaban J connectivity index is 1.95. The number of benzene rings is 2. The summed E-state index contributed by atoms with van der Waals surface area (Å²) in [4.78, 5) is 5.17. The van der Waals surface area contributed by atoms with Gasteiger partial charge < -0.3 is 10.2 Å². The van der Waals surface area contributed by atoms with Gasteiger partial charge in [-0.2, -0.15) is 0 Å². The monoisotopic (exact) mass is 260 g/mol. The second-order valence-corrected chi connectivity index (χ2v) is 4.75. The summed E-state index contributed by atoms with van der Waals surface area (Å²) >= 11 is 1.33. The SMILES string of the molecule is Nc1cccc2oc(Sc3ccc(F)cc3)nc12. The highest BCUT2D eigenvalue weighted by Crippen LogP contribution is 2.31. The molecule has 0 atom stereocenters. The Morgan fingerprint density at radius 3 is 2.61 bits per heavy atom. The van der Waals surface area contributed by atoms with Gasteiger partial charge in [-0.15, -0.1) is 0 Å². The Bertz CT molecular complexity index is 694. The number of anilines is 1. The number of hydrogen-bond donors (Lipinski definition) is 1. The molecule has 3 aromatic rings. The topological polar surface area (TPSA) is 52.0 Å². The van der Waals surface area contributed by atoms with Gasteiger partial charge in [-0.25, -0.2) is 9.37 Å². The lowest BCUT2D eigenvalue weighted by Crippen LogP contribution is -1.84. The van der Waals surface area contributed by atoms with Crippen LogP contribution in [0.4, 0.5) is 10.1 Å². The van der Waals surface area contributed by atoms with E-state index < -0.39 is 0 Å². The van der Waals surface area contributed by atoms with E-state index in [0.717, 1.165) is 4.90 Å². The molecule has 0 bridgehead atoms. The molecule has 0 spiro atoms. The molecule has 2 aromatic carbocycles. The molecule has 0 radical (unpaired) electrons. The Hall–Kier alpha value is -2.01. The molecule has 0 amide bonds. The quantitative estimate of drug-likeness (QED) is 0.714. The van der Waals surface area contributed by atoms with Crippen LogP contribution < -0.4 is 5.73 Å². The van der Waals surface area contributed by atoms with Crippen molar-refractivity contribution >= 4 is 28.5 Å². The number of oxazole rings is 1. The van der Waals surface area contributed by atoms with Crippen LogP contribution in [0.2, 0.25) is 0 Å².